The molecule has 0 saturated carbocycles. The van der Waals surface area contributed by atoms with Crippen LogP contribution in [0.4, 0.5) is 0 Å². The SMILES string of the molecule is COC(=O)c1c2c(c3cccnn13)C(=O)c1ccccc1C2=O. The zero-order valence-electron chi connectivity index (χ0n) is 12.1. The highest BCUT2D eigenvalue weighted by Gasteiger charge is 2.38. The van der Waals surface area contributed by atoms with E-state index in [1.165, 1.54) is 17.8 Å². The van der Waals surface area contributed by atoms with Gasteiger partial charge in [-0.3, -0.25) is 9.59 Å². The number of nitrogens with zero attached hydrogens (tertiary/aromatic N) is 2. The molecular formula is C17H10N2O4. The maximum absolute atomic E-state index is 12.9. The van der Waals surface area contributed by atoms with Crippen LogP contribution in [0.15, 0.2) is 42.6 Å². The van der Waals surface area contributed by atoms with Crippen molar-refractivity contribution >= 4 is 23.1 Å². The van der Waals surface area contributed by atoms with Gasteiger partial charge in [0.1, 0.15) is 0 Å². The molecule has 1 aromatic carbocycles. The zero-order chi connectivity index (χ0) is 16.1. The summed E-state index contributed by atoms with van der Waals surface area (Å²) in [5.74, 6) is -1.38. The molecule has 0 fully saturated rings. The molecule has 6 nitrogen and oxygen atoms in total. The third-order valence-corrected chi connectivity index (χ3v) is 3.95. The molecule has 0 atom stereocenters. The first-order chi connectivity index (χ1) is 11.1. The molecule has 23 heavy (non-hydrogen) atoms. The second-order valence-corrected chi connectivity index (χ2v) is 5.11. The Morgan fingerprint density at radius 1 is 1.00 bits per heavy atom. The summed E-state index contributed by atoms with van der Waals surface area (Å²) in [5, 5.41) is 4.10. The van der Waals surface area contributed by atoms with Crippen molar-refractivity contribution in [2.75, 3.05) is 7.11 Å². The highest BCUT2D eigenvalue weighted by atomic mass is 16.5. The summed E-state index contributed by atoms with van der Waals surface area (Å²) in [7, 11) is 1.22. The van der Waals surface area contributed by atoms with Gasteiger partial charge in [-0.25, -0.2) is 9.31 Å². The number of ether oxygens (including phenoxy) is 1. The normalized spacial score (nSPS) is 12.9. The van der Waals surface area contributed by atoms with Crippen LogP contribution in [0, 0.1) is 0 Å². The van der Waals surface area contributed by atoms with Crippen LogP contribution >= 0.6 is 0 Å². The first-order valence-corrected chi connectivity index (χ1v) is 6.91. The number of fused-ring (bicyclic) bond motifs is 4. The van der Waals surface area contributed by atoms with Gasteiger partial charge < -0.3 is 4.74 Å². The van der Waals surface area contributed by atoms with E-state index in [4.69, 9.17) is 4.74 Å². The standard InChI is InChI=1S/C17H10N2O4/c1-23-17(22)14-13-12(11-7-4-8-18-19(11)14)15(20)9-5-2-3-6-10(9)16(13)21/h2-8H,1H3. The van der Waals surface area contributed by atoms with E-state index in [1.807, 2.05) is 0 Å². The fourth-order valence-electron chi connectivity index (χ4n) is 2.98. The quantitative estimate of drug-likeness (QED) is 0.502. The molecule has 3 aromatic rings. The van der Waals surface area contributed by atoms with Gasteiger partial charge in [0.15, 0.2) is 17.3 Å². The Morgan fingerprint density at radius 3 is 2.30 bits per heavy atom. The zero-order valence-corrected chi connectivity index (χ0v) is 12.1. The van der Waals surface area contributed by atoms with Crippen LogP contribution < -0.4 is 0 Å². The van der Waals surface area contributed by atoms with Gasteiger partial charge in [-0.1, -0.05) is 24.3 Å². The van der Waals surface area contributed by atoms with Crippen LogP contribution in [0.5, 0.6) is 0 Å². The Balaban J connectivity index is 2.17. The second-order valence-electron chi connectivity index (χ2n) is 5.11. The average molecular weight is 306 g/mol. The van der Waals surface area contributed by atoms with Crippen molar-refractivity contribution in [3.05, 3.63) is 70.5 Å². The Hall–Kier alpha value is -3.28. The molecule has 0 unspecified atom stereocenters. The highest BCUT2D eigenvalue weighted by molar-refractivity contribution is 6.33. The number of hydrogen-bond donors (Lipinski definition) is 0. The minimum atomic E-state index is -0.708. The van der Waals surface area contributed by atoms with E-state index in [-0.39, 0.29) is 34.0 Å². The Bertz CT molecular complexity index is 1020. The molecule has 0 amide bonds. The van der Waals surface area contributed by atoms with Crippen molar-refractivity contribution in [2.45, 2.75) is 0 Å². The van der Waals surface area contributed by atoms with Crippen molar-refractivity contribution < 1.29 is 19.1 Å². The molecule has 112 valence electrons. The van der Waals surface area contributed by atoms with Gasteiger partial charge in [-0.2, -0.15) is 5.10 Å². The van der Waals surface area contributed by atoms with Crippen LogP contribution in [0.3, 0.4) is 0 Å². The predicted octanol–water partition coefficient (Wildman–Crippen LogP) is 1.90. The lowest BCUT2D eigenvalue weighted by Gasteiger charge is -2.14. The fraction of sp³-hybridized carbons (Fsp3) is 0.0588. The van der Waals surface area contributed by atoms with Crippen molar-refractivity contribution in [3.63, 3.8) is 0 Å². The van der Waals surface area contributed by atoms with Crippen LogP contribution in [0.2, 0.25) is 0 Å². The molecule has 4 rings (SSSR count). The van der Waals surface area contributed by atoms with Gasteiger partial charge >= 0.3 is 5.97 Å². The summed E-state index contributed by atoms with van der Waals surface area (Å²) in [6, 6.07) is 9.87. The molecule has 0 saturated heterocycles. The van der Waals surface area contributed by atoms with E-state index in [2.05, 4.69) is 5.10 Å². The number of esters is 1. The molecule has 6 heteroatoms. The number of benzene rings is 1. The number of methoxy groups -OCH3 is 1. The lowest BCUT2D eigenvalue weighted by atomic mass is 9.84. The Morgan fingerprint density at radius 2 is 1.65 bits per heavy atom. The van der Waals surface area contributed by atoms with Gasteiger partial charge in [-0.05, 0) is 12.1 Å². The molecule has 1 aliphatic rings. The number of rotatable bonds is 1. The number of ketones is 2. The number of carbonyl (C=O) groups is 3. The van der Waals surface area contributed by atoms with Crippen molar-refractivity contribution in [1.29, 1.82) is 0 Å². The molecule has 1 aliphatic carbocycles. The molecule has 0 bridgehead atoms. The van der Waals surface area contributed by atoms with Gasteiger partial charge in [0, 0.05) is 17.3 Å². The van der Waals surface area contributed by atoms with E-state index in [9.17, 15) is 14.4 Å². The molecule has 0 spiro atoms. The van der Waals surface area contributed by atoms with Gasteiger partial charge in [0.05, 0.1) is 23.8 Å². The average Bonchev–Trinajstić information content (AvgIpc) is 2.94. The number of carbonyl (C=O) groups excluding carboxylic acids is 3. The number of aromatic nitrogens is 2. The lowest BCUT2D eigenvalue weighted by Crippen LogP contribution is -2.22. The van der Waals surface area contributed by atoms with E-state index < -0.39 is 5.97 Å². The van der Waals surface area contributed by atoms with Crippen LogP contribution in [0.1, 0.15) is 42.3 Å². The van der Waals surface area contributed by atoms with E-state index in [1.54, 1.807) is 36.4 Å². The minimum Gasteiger partial charge on any atom is -0.464 e. The molecule has 0 N–H and O–H groups in total. The molecular weight excluding hydrogens is 296 g/mol. The van der Waals surface area contributed by atoms with E-state index in [0.717, 1.165) is 0 Å². The van der Waals surface area contributed by atoms with Crippen molar-refractivity contribution in [3.8, 4) is 0 Å². The van der Waals surface area contributed by atoms with Crippen LogP contribution in [-0.4, -0.2) is 34.3 Å². The molecule has 0 radical (unpaired) electrons. The monoisotopic (exact) mass is 306 g/mol. The number of hydrogen-bond acceptors (Lipinski definition) is 5. The molecule has 2 aromatic heterocycles. The summed E-state index contributed by atoms with van der Waals surface area (Å²) >= 11 is 0. The maximum Gasteiger partial charge on any atom is 0.357 e. The molecule has 2 heterocycles. The van der Waals surface area contributed by atoms with E-state index in [0.29, 0.717) is 11.1 Å². The summed E-state index contributed by atoms with van der Waals surface area (Å²) in [6.07, 6.45) is 1.48. The fourth-order valence-corrected chi connectivity index (χ4v) is 2.98. The van der Waals surface area contributed by atoms with Gasteiger partial charge in [0.25, 0.3) is 0 Å². The Labute approximate surface area is 130 Å². The van der Waals surface area contributed by atoms with Crippen LogP contribution in [-0.2, 0) is 4.74 Å². The van der Waals surface area contributed by atoms with Gasteiger partial charge in [0.2, 0.25) is 0 Å². The third-order valence-electron chi connectivity index (χ3n) is 3.95. The minimum absolute atomic E-state index is 0.0223. The Kier molecular flexibility index (Phi) is 2.68. The smallest absolute Gasteiger partial charge is 0.357 e. The van der Waals surface area contributed by atoms with Gasteiger partial charge in [-0.15, -0.1) is 0 Å². The first-order valence-electron chi connectivity index (χ1n) is 6.91. The highest BCUT2D eigenvalue weighted by Crippen LogP contribution is 2.33. The second kappa shape index (κ2) is 4.61. The van der Waals surface area contributed by atoms with Crippen molar-refractivity contribution in [2.24, 2.45) is 0 Å². The summed E-state index contributed by atoms with van der Waals surface area (Å²) < 4.78 is 6.07. The van der Waals surface area contributed by atoms with E-state index >= 15 is 0 Å². The van der Waals surface area contributed by atoms with Crippen molar-refractivity contribution in [1.82, 2.24) is 9.61 Å². The predicted molar refractivity (Wildman–Crippen MR) is 79.8 cm³/mol. The summed E-state index contributed by atoms with van der Waals surface area (Å²) in [6.45, 7) is 0. The largest absolute Gasteiger partial charge is 0.464 e. The third kappa shape index (κ3) is 1.63. The van der Waals surface area contributed by atoms with Crippen LogP contribution in [0.25, 0.3) is 5.52 Å². The maximum atomic E-state index is 12.9. The molecule has 0 aliphatic heterocycles. The first kappa shape index (κ1) is 13.4. The summed E-state index contributed by atoms with van der Waals surface area (Å²) in [5.41, 5.74) is 1.26. The topological polar surface area (TPSA) is 77.7 Å². The summed E-state index contributed by atoms with van der Waals surface area (Å²) in [4.78, 5) is 37.9. The lowest BCUT2D eigenvalue weighted by molar-refractivity contribution is 0.0588.